The SMILES string of the molecule is O=c1ccc2c([nH]1)CCCC2NCc1ccc(Oc2cnccn2)cc1. The Morgan fingerprint density at radius 1 is 1.15 bits per heavy atom. The number of ether oxygens (including phenoxy) is 1. The zero-order chi connectivity index (χ0) is 17.8. The molecule has 0 radical (unpaired) electrons. The normalized spacial score (nSPS) is 16.1. The summed E-state index contributed by atoms with van der Waals surface area (Å²) in [7, 11) is 0. The fourth-order valence-corrected chi connectivity index (χ4v) is 3.29. The third-order valence-electron chi connectivity index (χ3n) is 4.57. The molecule has 2 N–H and O–H groups in total. The van der Waals surface area contributed by atoms with Gasteiger partial charge >= 0.3 is 0 Å². The summed E-state index contributed by atoms with van der Waals surface area (Å²) in [4.78, 5) is 22.5. The summed E-state index contributed by atoms with van der Waals surface area (Å²) in [6.07, 6.45) is 7.89. The lowest BCUT2D eigenvalue weighted by molar-refractivity contribution is 0.451. The molecule has 0 aliphatic heterocycles. The Hall–Kier alpha value is -2.99. The van der Waals surface area contributed by atoms with Crippen LogP contribution in [0.25, 0.3) is 0 Å². The van der Waals surface area contributed by atoms with E-state index >= 15 is 0 Å². The Bertz CT molecular complexity index is 923. The minimum atomic E-state index is -0.0249. The number of nitrogens with one attached hydrogen (secondary N) is 2. The number of nitrogens with zero attached hydrogens (tertiary/aromatic N) is 2. The van der Waals surface area contributed by atoms with Crippen LogP contribution in [0.3, 0.4) is 0 Å². The molecular formula is C20H20N4O2. The van der Waals surface area contributed by atoms with E-state index in [4.69, 9.17) is 4.74 Å². The average Bonchev–Trinajstić information content (AvgIpc) is 2.68. The zero-order valence-corrected chi connectivity index (χ0v) is 14.3. The first-order valence-corrected chi connectivity index (χ1v) is 8.76. The maximum atomic E-state index is 11.5. The first kappa shape index (κ1) is 16.5. The smallest absolute Gasteiger partial charge is 0.248 e. The van der Waals surface area contributed by atoms with Crippen molar-refractivity contribution in [1.82, 2.24) is 20.3 Å². The summed E-state index contributed by atoms with van der Waals surface area (Å²) in [6.45, 7) is 0.759. The van der Waals surface area contributed by atoms with Gasteiger partial charge in [-0.05, 0) is 42.5 Å². The summed E-state index contributed by atoms with van der Waals surface area (Å²) in [5.41, 5.74) is 3.42. The first-order chi connectivity index (χ1) is 12.8. The van der Waals surface area contributed by atoms with Crippen molar-refractivity contribution >= 4 is 0 Å². The van der Waals surface area contributed by atoms with E-state index in [1.54, 1.807) is 24.7 Å². The Morgan fingerprint density at radius 3 is 2.85 bits per heavy atom. The molecule has 6 nitrogen and oxygen atoms in total. The van der Waals surface area contributed by atoms with Crippen molar-refractivity contribution in [3.63, 3.8) is 0 Å². The van der Waals surface area contributed by atoms with Gasteiger partial charge in [-0.15, -0.1) is 0 Å². The summed E-state index contributed by atoms with van der Waals surface area (Å²) in [5, 5.41) is 3.60. The van der Waals surface area contributed by atoms with Crippen LogP contribution in [0.4, 0.5) is 0 Å². The fraction of sp³-hybridized carbons (Fsp3) is 0.250. The van der Waals surface area contributed by atoms with Gasteiger partial charge in [-0.25, -0.2) is 4.98 Å². The number of benzene rings is 1. The van der Waals surface area contributed by atoms with Crippen LogP contribution < -0.4 is 15.6 Å². The monoisotopic (exact) mass is 348 g/mol. The predicted octanol–water partition coefficient (Wildman–Crippen LogP) is 3.12. The molecule has 1 atom stereocenters. The van der Waals surface area contributed by atoms with Gasteiger partial charge in [0.2, 0.25) is 11.4 Å². The van der Waals surface area contributed by atoms with Crippen molar-refractivity contribution in [2.24, 2.45) is 0 Å². The van der Waals surface area contributed by atoms with Crippen molar-refractivity contribution in [2.45, 2.75) is 31.8 Å². The number of aromatic nitrogens is 3. The summed E-state index contributed by atoms with van der Waals surface area (Å²) < 4.78 is 5.66. The third-order valence-corrected chi connectivity index (χ3v) is 4.57. The van der Waals surface area contributed by atoms with Crippen LogP contribution in [0.1, 0.15) is 35.7 Å². The maximum Gasteiger partial charge on any atom is 0.248 e. The number of fused-ring (bicyclic) bond motifs is 1. The topological polar surface area (TPSA) is 79.9 Å². The Balaban J connectivity index is 1.39. The van der Waals surface area contributed by atoms with Gasteiger partial charge in [0.1, 0.15) is 5.75 Å². The highest BCUT2D eigenvalue weighted by molar-refractivity contribution is 5.30. The lowest BCUT2D eigenvalue weighted by atomic mass is 9.91. The van der Waals surface area contributed by atoms with Crippen LogP contribution in [0.5, 0.6) is 11.6 Å². The van der Waals surface area contributed by atoms with Gasteiger partial charge in [-0.3, -0.25) is 9.78 Å². The lowest BCUT2D eigenvalue weighted by Crippen LogP contribution is -2.27. The molecule has 2 heterocycles. The molecule has 132 valence electrons. The average molecular weight is 348 g/mol. The van der Waals surface area contributed by atoms with Crippen molar-refractivity contribution < 1.29 is 4.74 Å². The van der Waals surface area contributed by atoms with Gasteiger partial charge in [-0.1, -0.05) is 18.2 Å². The predicted molar refractivity (Wildman–Crippen MR) is 98.1 cm³/mol. The quantitative estimate of drug-likeness (QED) is 0.740. The molecule has 2 aromatic heterocycles. The maximum absolute atomic E-state index is 11.5. The molecule has 4 rings (SSSR count). The summed E-state index contributed by atoms with van der Waals surface area (Å²) >= 11 is 0. The number of H-pyrrole nitrogens is 1. The van der Waals surface area contributed by atoms with E-state index in [0.29, 0.717) is 5.88 Å². The largest absolute Gasteiger partial charge is 0.438 e. The van der Waals surface area contributed by atoms with E-state index in [1.165, 1.54) is 11.1 Å². The molecule has 0 fully saturated rings. The molecule has 1 aliphatic rings. The second kappa shape index (κ2) is 7.49. The zero-order valence-electron chi connectivity index (χ0n) is 14.3. The van der Waals surface area contributed by atoms with Gasteiger partial charge in [0, 0.05) is 36.7 Å². The molecular weight excluding hydrogens is 328 g/mol. The van der Waals surface area contributed by atoms with E-state index in [1.807, 2.05) is 30.3 Å². The van der Waals surface area contributed by atoms with Crippen molar-refractivity contribution in [3.8, 4) is 11.6 Å². The molecule has 1 aliphatic carbocycles. The molecule has 0 saturated heterocycles. The highest BCUT2D eigenvalue weighted by Crippen LogP contribution is 2.28. The molecule has 0 spiro atoms. The second-order valence-corrected chi connectivity index (χ2v) is 6.37. The van der Waals surface area contributed by atoms with E-state index in [2.05, 4.69) is 20.3 Å². The Kier molecular flexibility index (Phi) is 4.75. The van der Waals surface area contributed by atoms with Crippen LogP contribution in [0.2, 0.25) is 0 Å². The van der Waals surface area contributed by atoms with Gasteiger partial charge in [-0.2, -0.15) is 0 Å². The first-order valence-electron chi connectivity index (χ1n) is 8.76. The molecule has 0 amide bonds. The van der Waals surface area contributed by atoms with Crippen molar-refractivity contribution in [2.75, 3.05) is 0 Å². The minimum absolute atomic E-state index is 0.0249. The van der Waals surface area contributed by atoms with Gasteiger partial charge in [0.05, 0.1) is 6.20 Å². The van der Waals surface area contributed by atoms with E-state index in [9.17, 15) is 4.79 Å². The highest BCUT2D eigenvalue weighted by atomic mass is 16.5. The molecule has 3 aromatic rings. The summed E-state index contributed by atoms with van der Waals surface area (Å²) in [6, 6.07) is 11.8. The number of rotatable bonds is 5. The molecule has 0 bridgehead atoms. The number of aryl methyl sites for hydroxylation is 1. The molecule has 6 heteroatoms. The summed E-state index contributed by atoms with van der Waals surface area (Å²) in [5.74, 6) is 1.21. The Morgan fingerprint density at radius 2 is 2.04 bits per heavy atom. The van der Waals surface area contributed by atoms with Crippen LogP contribution in [0.15, 0.2) is 59.8 Å². The van der Waals surface area contributed by atoms with Gasteiger partial charge < -0.3 is 15.0 Å². The highest BCUT2D eigenvalue weighted by Gasteiger charge is 2.20. The van der Waals surface area contributed by atoms with Crippen LogP contribution in [-0.2, 0) is 13.0 Å². The second-order valence-electron chi connectivity index (χ2n) is 6.37. The lowest BCUT2D eigenvalue weighted by Gasteiger charge is -2.26. The van der Waals surface area contributed by atoms with E-state index in [0.717, 1.165) is 37.3 Å². The minimum Gasteiger partial charge on any atom is -0.438 e. The number of aromatic amines is 1. The third kappa shape index (κ3) is 3.81. The molecule has 1 unspecified atom stereocenters. The van der Waals surface area contributed by atoms with E-state index < -0.39 is 0 Å². The van der Waals surface area contributed by atoms with Crippen LogP contribution in [-0.4, -0.2) is 15.0 Å². The standard InChI is InChI=1S/C20H20N4O2/c25-19-9-8-16-17(2-1-3-18(16)24-19)23-12-14-4-6-15(7-5-14)26-20-13-21-10-11-22-20/h4-11,13,17,23H,1-3,12H2,(H,24,25). The Labute approximate surface area is 151 Å². The van der Waals surface area contributed by atoms with Crippen molar-refractivity contribution in [1.29, 1.82) is 0 Å². The van der Waals surface area contributed by atoms with Gasteiger partial charge in [0.15, 0.2) is 0 Å². The number of pyridine rings is 1. The van der Waals surface area contributed by atoms with Crippen LogP contribution in [0, 0.1) is 0 Å². The van der Waals surface area contributed by atoms with Crippen molar-refractivity contribution in [3.05, 3.63) is 82.2 Å². The number of hydrogen-bond acceptors (Lipinski definition) is 5. The van der Waals surface area contributed by atoms with Gasteiger partial charge in [0.25, 0.3) is 0 Å². The number of hydrogen-bond donors (Lipinski definition) is 2. The van der Waals surface area contributed by atoms with Crippen LogP contribution >= 0.6 is 0 Å². The van der Waals surface area contributed by atoms with E-state index in [-0.39, 0.29) is 11.6 Å². The molecule has 1 aromatic carbocycles. The molecule has 26 heavy (non-hydrogen) atoms. The molecule has 0 saturated carbocycles. The fourth-order valence-electron chi connectivity index (χ4n) is 3.29.